The first kappa shape index (κ1) is 16.5. The van der Waals surface area contributed by atoms with E-state index in [9.17, 15) is 9.59 Å². The lowest BCUT2D eigenvalue weighted by Gasteiger charge is -2.12. The van der Waals surface area contributed by atoms with Crippen LogP contribution in [0.15, 0.2) is 74.3 Å². The van der Waals surface area contributed by atoms with E-state index >= 15 is 0 Å². The zero-order chi connectivity index (χ0) is 18.1. The molecule has 5 heteroatoms. The maximum atomic E-state index is 11.8. The molecule has 0 N–H and O–H groups in total. The van der Waals surface area contributed by atoms with E-state index in [4.69, 9.17) is 9.15 Å². The van der Waals surface area contributed by atoms with Crippen LogP contribution in [0.2, 0.25) is 0 Å². The van der Waals surface area contributed by atoms with Crippen LogP contribution in [0.1, 0.15) is 15.9 Å². The van der Waals surface area contributed by atoms with Crippen molar-refractivity contribution in [1.82, 2.24) is 0 Å². The maximum absolute atomic E-state index is 11.8. The van der Waals surface area contributed by atoms with E-state index in [1.54, 1.807) is 12.1 Å². The molecular weight excluding hydrogens is 396 g/mol. The number of carbonyl (C=O) groups is 1. The van der Waals surface area contributed by atoms with E-state index in [1.165, 1.54) is 6.07 Å². The molecule has 26 heavy (non-hydrogen) atoms. The van der Waals surface area contributed by atoms with Gasteiger partial charge in [-0.25, -0.2) is 4.79 Å². The van der Waals surface area contributed by atoms with Crippen molar-refractivity contribution in [3.63, 3.8) is 0 Å². The van der Waals surface area contributed by atoms with Gasteiger partial charge in [-0.3, -0.25) is 4.79 Å². The van der Waals surface area contributed by atoms with E-state index in [1.807, 2.05) is 42.5 Å². The third-order valence-corrected chi connectivity index (χ3v) is 4.72. The fourth-order valence-corrected chi connectivity index (χ4v) is 3.34. The Balaban J connectivity index is 1.74. The quantitative estimate of drug-likeness (QED) is 0.348. The van der Waals surface area contributed by atoms with Crippen molar-refractivity contribution in [2.24, 2.45) is 0 Å². The summed E-state index contributed by atoms with van der Waals surface area (Å²) < 4.78 is 12.0. The van der Waals surface area contributed by atoms with Crippen molar-refractivity contribution >= 4 is 44.0 Å². The molecule has 0 aliphatic heterocycles. The Morgan fingerprint density at radius 1 is 1.00 bits per heavy atom. The van der Waals surface area contributed by atoms with Crippen LogP contribution in [0.25, 0.3) is 21.7 Å². The number of hydrogen-bond acceptors (Lipinski definition) is 4. The van der Waals surface area contributed by atoms with Gasteiger partial charge in [-0.1, -0.05) is 46.3 Å². The van der Waals surface area contributed by atoms with Gasteiger partial charge in [-0.2, -0.15) is 0 Å². The van der Waals surface area contributed by atoms with Crippen LogP contribution in [-0.2, 0) is 6.61 Å². The van der Waals surface area contributed by atoms with Gasteiger partial charge < -0.3 is 9.15 Å². The molecule has 0 spiro atoms. The predicted molar refractivity (Wildman–Crippen MR) is 104 cm³/mol. The first-order valence-corrected chi connectivity index (χ1v) is 8.77. The summed E-state index contributed by atoms with van der Waals surface area (Å²) in [7, 11) is 0. The maximum Gasteiger partial charge on any atom is 0.336 e. The Hall–Kier alpha value is -2.92. The molecule has 3 aromatic carbocycles. The largest absolute Gasteiger partial charge is 0.488 e. The Morgan fingerprint density at radius 3 is 2.69 bits per heavy atom. The van der Waals surface area contributed by atoms with Gasteiger partial charge in [-0.15, -0.1) is 0 Å². The van der Waals surface area contributed by atoms with Gasteiger partial charge in [0, 0.05) is 21.5 Å². The summed E-state index contributed by atoms with van der Waals surface area (Å²) in [5, 5.41) is 2.60. The lowest BCUT2D eigenvalue weighted by molar-refractivity contribution is 0.112. The van der Waals surface area contributed by atoms with Crippen molar-refractivity contribution in [3.8, 4) is 5.75 Å². The number of rotatable bonds is 4. The third kappa shape index (κ3) is 3.02. The highest BCUT2D eigenvalue weighted by molar-refractivity contribution is 9.10. The fraction of sp³-hybridized carbons (Fsp3) is 0.0476. The molecule has 0 aliphatic rings. The zero-order valence-corrected chi connectivity index (χ0v) is 15.2. The van der Waals surface area contributed by atoms with Crippen LogP contribution in [0.4, 0.5) is 0 Å². The van der Waals surface area contributed by atoms with Gasteiger partial charge >= 0.3 is 5.63 Å². The van der Waals surface area contributed by atoms with Gasteiger partial charge in [0.05, 0.1) is 5.56 Å². The smallest absolute Gasteiger partial charge is 0.336 e. The summed E-state index contributed by atoms with van der Waals surface area (Å²) in [6, 6.07) is 18.2. The van der Waals surface area contributed by atoms with Crippen LogP contribution < -0.4 is 10.4 Å². The third-order valence-electron chi connectivity index (χ3n) is 4.22. The summed E-state index contributed by atoms with van der Waals surface area (Å²) in [6.07, 6.45) is 0.798. The van der Waals surface area contributed by atoms with Crippen molar-refractivity contribution < 1.29 is 13.9 Å². The molecule has 1 aromatic heterocycles. The summed E-state index contributed by atoms with van der Waals surface area (Å²) in [5.74, 6) is 0.484. The number of benzene rings is 3. The van der Waals surface area contributed by atoms with E-state index < -0.39 is 5.63 Å². The minimum Gasteiger partial charge on any atom is -0.488 e. The van der Waals surface area contributed by atoms with Gasteiger partial charge in [0.1, 0.15) is 17.9 Å². The standard InChI is InChI=1S/C21H13BrO4/c22-15-6-7-17-14(9-21(24)26-20(17)10-15)12-25-19-8-5-13-3-1-2-4-16(13)18(19)11-23/h1-11H,12H2. The Kier molecular flexibility index (Phi) is 4.31. The number of aldehydes is 1. The Morgan fingerprint density at radius 2 is 1.85 bits per heavy atom. The summed E-state index contributed by atoms with van der Waals surface area (Å²) in [5.41, 5.74) is 1.25. The molecule has 0 aliphatic carbocycles. The molecule has 0 fully saturated rings. The molecule has 0 saturated heterocycles. The number of fused-ring (bicyclic) bond motifs is 2. The molecule has 0 radical (unpaired) electrons. The topological polar surface area (TPSA) is 56.5 Å². The number of hydrogen-bond donors (Lipinski definition) is 0. The second kappa shape index (κ2) is 6.77. The molecule has 4 rings (SSSR count). The second-order valence-electron chi connectivity index (χ2n) is 5.84. The van der Waals surface area contributed by atoms with E-state index in [0.717, 1.165) is 26.9 Å². The molecule has 4 nitrogen and oxygen atoms in total. The van der Waals surface area contributed by atoms with Crippen molar-refractivity contribution in [2.75, 3.05) is 0 Å². The first-order valence-electron chi connectivity index (χ1n) is 7.98. The van der Waals surface area contributed by atoms with Crippen LogP contribution in [0.3, 0.4) is 0 Å². The zero-order valence-electron chi connectivity index (χ0n) is 13.6. The normalized spacial score (nSPS) is 11.0. The van der Waals surface area contributed by atoms with Gasteiger partial charge in [0.15, 0.2) is 6.29 Å². The molecule has 0 bridgehead atoms. The van der Waals surface area contributed by atoms with Crippen LogP contribution in [-0.4, -0.2) is 6.29 Å². The molecule has 0 amide bonds. The lowest BCUT2D eigenvalue weighted by Crippen LogP contribution is -2.05. The van der Waals surface area contributed by atoms with Crippen molar-refractivity contribution in [3.05, 3.63) is 86.7 Å². The van der Waals surface area contributed by atoms with Crippen LogP contribution in [0.5, 0.6) is 5.75 Å². The predicted octanol–water partition coefficient (Wildman–Crippen LogP) is 5.10. The van der Waals surface area contributed by atoms with E-state index in [0.29, 0.717) is 22.5 Å². The monoisotopic (exact) mass is 408 g/mol. The summed E-state index contributed by atoms with van der Waals surface area (Å²) in [4.78, 5) is 23.4. The van der Waals surface area contributed by atoms with Gasteiger partial charge in [0.25, 0.3) is 0 Å². The fourth-order valence-electron chi connectivity index (χ4n) is 3.00. The molecule has 1 heterocycles. The second-order valence-corrected chi connectivity index (χ2v) is 6.75. The van der Waals surface area contributed by atoms with Crippen molar-refractivity contribution in [2.45, 2.75) is 6.61 Å². The molecule has 0 atom stereocenters. The average Bonchev–Trinajstić information content (AvgIpc) is 2.65. The van der Waals surface area contributed by atoms with Gasteiger partial charge in [-0.05, 0) is 35.0 Å². The Labute approximate surface area is 157 Å². The van der Waals surface area contributed by atoms with E-state index in [-0.39, 0.29) is 6.61 Å². The average molecular weight is 409 g/mol. The minimum atomic E-state index is -0.441. The van der Waals surface area contributed by atoms with Crippen LogP contribution >= 0.6 is 15.9 Å². The molecule has 0 unspecified atom stereocenters. The first-order chi connectivity index (χ1) is 12.7. The summed E-state index contributed by atoms with van der Waals surface area (Å²) >= 11 is 3.37. The lowest BCUT2D eigenvalue weighted by atomic mass is 10.0. The van der Waals surface area contributed by atoms with Crippen LogP contribution in [0, 0.1) is 0 Å². The summed E-state index contributed by atoms with van der Waals surface area (Å²) in [6.45, 7) is 0.156. The van der Waals surface area contributed by atoms with Gasteiger partial charge in [0.2, 0.25) is 0 Å². The number of carbonyl (C=O) groups excluding carboxylic acids is 1. The SMILES string of the molecule is O=Cc1c(OCc2cc(=O)oc3cc(Br)ccc23)ccc2ccccc12. The number of ether oxygens (including phenoxy) is 1. The van der Waals surface area contributed by atoms with E-state index in [2.05, 4.69) is 15.9 Å². The van der Waals surface area contributed by atoms with Crippen molar-refractivity contribution in [1.29, 1.82) is 0 Å². The Bertz CT molecular complexity index is 1190. The number of halogens is 1. The molecule has 128 valence electrons. The minimum absolute atomic E-state index is 0.156. The highest BCUT2D eigenvalue weighted by Crippen LogP contribution is 2.28. The molecule has 0 saturated carbocycles. The molecule has 4 aromatic rings. The molecular formula is C21H13BrO4. The highest BCUT2D eigenvalue weighted by atomic mass is 79.9. The highest BCUT2D eigenvalue weighted by Gasteiger charge is 2.11.